The quantitative estimate of drug-likeness (QED) is 0.750. The van der Waals surface area contributed by atoms with Gasteiger partial charge in [0.05, 0.1) is 6.61 Å². The normalized spacial score (nSPS) is 13.9. The van der Waals surface area contributed by atoms with Crippen molar-refractivity contribution >= 4 is 5.91 Å². The Morgan fingerprint density at radius 2 is 2.20 bits per heavy atom. The molecule has 1 aliphatic carbocycles. The molecule has 5 heteroatoms. The van der Waals surface area contributed by atoms with Gasteiger partial charge in [0.1, 0.15) is 0 Å². The molecule has 1 aliphatic rings. The lowest BCUT2D eigenvalue weighted by atomic mass is 10.1. The minimum atomic E-state index is -0.0856. The van der Waals surface area contributed by atoms with Crippen LogP contribution in [-0.4, -0.2) is 31.7 Å². The fraction of sp³-hybridized carbons (Fsp3) is 0.533. The Kier molecular flexibility index (Phi) is 5.24. The van der Waals surface area contributed by atoms with Gasteiger partial charge in [0.25, 0.3) is 5.91 Å². The molecule has 0 atom stereocenters. The van der Waals surface area contributed by atoms with Gasteiger partial charge in [-0.2, -0.15) is 0 Å². The molecule has 1 saturated carbocycles. The highest BCUT2D eigenvalue weighted by Crippen LogP contribution is 2.31. The summed E-state index contributed by atoms with van der Waals surface area (Å²) in [6.07, 6.45) is 2.83. The van der Waals surface area contributed by atoms with Crippen molar-refractivity contribution in [1.82, 2.24) is 5.32 Å². The molecular formula is C15H22N2O3. The average Bonchev–Trinajstić information content (AvgIpc) is 3.22. The average molecular weight is 278 g/mol. The van der Waals surface area contributed by atoms with E-state index >= 15 is 0 Å². The molecule has 0 radical (unpaired) electrons. The highest BCUT2D eigenvalue weighted by Gasteiger charge is 2.23. The van der Waals surface area contributed by atoms with Crippen molar-refractivity contribution in [2.45, 2.75) is 32.2 Å². The van der Waals surface area contributed by atoms with Gasteiger partial charge in [0.2, 0.25) is 0 Å². The molecule has 0 unspecified atom stereocenters. The van der Waals surface area contributed by atoms with Crippen LogP contribution in [-0.2, 0) is 11.2 Å². The van der Waals surface area contributed by atoms with Gasteiger partial charge < -0.3 is 20.5 Å². The van der Waals surface area contributed by atoms with E-state index in [0.717, 1.165) is 18.4 Å². The fourth-order valence-electron chi connectivity index (χ4n) is 1.98. The summed E-state index contributed by atoms with van der Waals surface area (Å²) in [5.74, 6) is 1.21. The topological polar surface area (TPSA) is 73.6 Å². The van der Waals surface area contributed by atoms with E-state index in [1.165, 1.54) is 0 Å². The first-order valence-electron chi connectivity index (χ1n) is 7.11. The minimum Gasteiger partial charge on any atom is -0.490 e. The second-order valence-corrected chi connectivity index (χ2v) is 4.85. The molecular weight excluding hydrogens is 256 g/mol. The van der Waals surface area contributed by atoms with E-state index in [1.807, 2.05) is 25.1 Å². The van der Waals surface area contributed by atoms with E-state index < -0.39 is 0 Å². The van der Waals surface area contributed by atoms with E-state index in [4.69, 9.17) is 15.2 Å². The van der Waals surface area contributed by atoms with Crippen LogP contribution in [0.2, 0.25) is 0 Å². The molecule has 0 aliphatic heterocycles. The van der Waals surface area contributed by atoms with Gasteiger partial charge in [0.15, 0.2) is 18.1 Å². The lowest BCUT2D eigenvalue weighted by Crippen LogP contribution is -2.30. The lowest BCUT2D eigenvalue weighted by molar-refractivity contribution is -0.123. The van der Waals surface area contributed by atoms with Crippen LogP contribution < -0.4 is 20.5 Å². The zero-order valence-electron chi connectivity index (χ0n) is 11.9. The Balaban J connectivity index is 2.03. The number of ether oxygens (including phenoxy) is 2. The van der Waals surface area contributed by atoms with Crippen molar-refractivity contribution in [2.75, 3.05) is 19.8 Å². The highest BCUT2D eigenvalue weighted by molar-refractivity contribution is 5.78. The number of nitrogens with one attached hydrogen (secondary N) is 1. The summed E-state index contributed by atoms with van der Waals surface area (Å²) in [5.41, 5.74) is 6.58. The van der Waals surface area contributed by atoms with Crippen molar-refractivity contribution in [2.24, 2.45) is 5.73 Å². The number of benzene rings is 1. The summed E-state index contributed by atoms with van der Waals surface area (Å²) in [7, 11) is 0. The molecule has 0 bridgehead atoms. The van der Waals surface area contributed by atoms with E-state index in [-0.39, 0.29) is 12.5 Å². The predicted molar refractivity (Wildman–Crippen MR) is 77.0 cm³/mol. The maximum absolute atomic E-state index is 11.7. The summed E-state index contributed by atoms with van der Waals surface area (Å²) in [5, 5.41) is 2.90. The van der Waals surface area contributed by atoms with E-state index in [2.05, 4.69) is 5.32 Å². The molecule has 1 amide bonds. The summed E-state index contributed by atoms with van der Waals surface area (Å²) in [6.45, 7) is 3.01. The highest BCUT2D eigenvalue weighted by atomic mass is 16.5. The lowest BCUT2D eigenvalue weighted by Gasteiger charge is -2.15. The number of amides is 1. The minimum absolute atomic E-state index is 0.0121. The van der Waals surface area contributed by atoms with Crippen molar-refractivity contribution in [3.63, 3.8) is 0 Å². The largest absolute Gasteiger partial charge is 0.490 e. The Bertz CT molecular complexity index is 434. The van der Waals surface area contributed by atoms with Crippen LogP contribution in [0.5, 0.6) is 11.5 Å². The molecule has 1 aromatic rings. The number of nitrogens with two attached hydrogens (primary N) is 1. The molecule has 1 aromatic carbocycles. The second-order valence-electron chi connectivity index (χ2n) is 4.85. The van der Waals surface area contributed by atoms with Gasteiger partial charge in [0, 0.05) is 6.04 Å². The molecule has 110 valence electrons. The Morgan fingerprint density at radius 3 is 2.85 bits per heavy atom. The fourth-order valence-corrected chi connectivity index (χ4v) is 1.98. The van der Waals surface area contributed by atoms with E-state index in [1.54, 1.807) is 0 Å². The third kappa shape index (κ3) is 4.13. The van der Waals surface area contributed by atoms with Crippen molar-refractivity contribution in [1.29, 1.82) is 0 Å². The van der Waals surface area contributed by atoms with Gasteiger partial charge in [-0.1, -0.05) is 12.1 Å². The second kappa shape index (κ2) is 7.14. The molecule has 3 N–H and O–H groups in total. The van der Waals surface area contributed by atoms with Crippen LogP contribution in [0.25, 0.3) is 0 Å². The van der Waals surface area contributed by atoms with E-state index in [0.29, 0.717) is 37.1 Å². The van der Waals surface area contributed by atoms with Crippen LogP contribution in [0.4, 0.5) is 0 Å². The first-order valence-corrected chi connectivity index (χ1v) is 7.11. The zero-order valence-corrected chi connectivity index (χ0v) is 11.9. The summed E-state index contributed by atoms with van der Waals surface area (Å²) in [6, 6.07) is 6.05. The van der Waals surface area contributed by atoms with Crippen LogP contribution >= 0.6 is 0 Å². The Hall–Kier alpha value is -1.75. The monoisotopic (exact) mass is 278 g/mol. The predicted octanol–water partition coefficient (Wildman–Crippen LogP) is 1.24. The van der Waals surface area contributed by atoms with Crippen molar-refractivity contribution < 1.29 is 14.3 Å². The van der Waals surface area contributed by atoms with Crippen LogP contribution in [0.3, 0.4) is 0 Å². The first kappa shape index (κ1) is 14.7. The van der Waals surface area contributed by atoms with Gasteiger partial charge in [-0.25, -0.2) is 0 Å². The molecule has 1 fully saturated rings. The van der Waals surface area contributed by atoms with Crippen LogP contribution in [0, 0.1) is 0 Å². The molecule has 0 spiro atoms. The van der Waals surface area contributed by atoms with Crippen molar-refractivity contribution in [3.05, 3.63) is 23.8 Å². The van der Waals surface area contributed by atoms with Gasteiger partial charge in [-0.05, 0) is 44.4 Å². The van der Waals surface area contributed by atoms with Gasteiger partial charge >= 0.3 is 0 Å². The SMILES string of the molecule is CCOc1cccc(CCN)c1OCC(=O)NC1CC1. The third-order valence-electron chi connectivity index (χ3n) is 3.06. The third-order valence-corrected chi connectivity index (χ3v) is 3.06. The first-order chi connectivity index (χ1) is 9.74. The smallest absolute Gasteiger partial charge is 0.258 e. The van der Waals surface area contributed by atoms with Crippen LogP contribution in [0.15, 0.2) is 18.2 Å². The molecule has 0 heterocycles. The molecule has 5 nitrogen and oxygen atoms in total. The standard InChI is InChI=1S/C15H22N2O3/c1-2-19-13-5-3-4-11(8-9-16)15(13)20-10-14(18)17-12-6-7-12/h3-5,12H,2,6-10,16H2,1H3,(H,17,18). The number of rotatable bonds is 8. The number of carbonyl (C=O) groups is 1. The molecule has 2 rings (SSSR count). The summed E-state index contributed by atoms with van der Waals surface area (Å²) < 4.78 is 11.2. The molecule has 0 saturated heterocycles. The number of hydrogen-bond donors (Lipinski definition) is 2. The zero-order chi connectivity index (χ0) is 14.4. The van der Waals surface area contributed by atoms with Crippen molar-refractivity contribution in [3.8, 4) is 11.5 Å². The Morgan fingerprint density at radius 1 is 1.40 bits per heavy atom. The summed E-state index contributed by atoms with van der Waals surface area (Å²) >= 11 is 0. The number of para-hydroxylation sites is 1. The van der Waals surface area contributed by atoms with Gasteiger partial charge in [-0.15, -0.1) is 0 Å². The summed E-state index contributed by atoms with van der Waals surface area (Å²) in [4.78, 5) is 11.7. The maximum atomic E-state index is 11.7. The maximum Gasteiger partial charge on any atom is 0.258 e. The van der Waals surface area contributed by atoms with Gasteiger partial charge in [-0.3, -0.25) is 4.79 Å². The van der Waals surface area contributed by atoms with E-state index in [9.17, 15) is 4.79 Å². The van der Waals surface area contributed by atoms with Crippen LogP contribution in [0.1, 0.15) is 25.3 Å². The number of carbonyl (C=O) groups excluding carboxylic acids is 1. The molecule has 0 aromatic heterocycles. The number of hydrogen-bond acceptors (Lipinski definition) is 4. The Labute approximate surface area is 119 Å². The molecule has 20 heavy (non-hydrogen) atoms.